The highest BCUT2D eigenvalue weighted by Crippen LogP contribution is 2.44. The summed E-state index contributed by atoms with van der Waals surface area (Å²) in [5.74, 6) is -1.15. The summed E-state index contributed by atoms with van der Waals surface area (Å²) in [4.78, 5) is 30.1. The fraction of sp³-hybridized carbons (Fsp3) is 0.259. The summed E-state index contributed by atoms with van der Waals surface area (Å²) in [7, 11) is 6.70. The number of ether oxygens (including phenoxy) is 2. The minimum Gasteiger partial charge on any atom is -0.507 e. The summed E-state index contributed by atoms with van der Waals surface area (Å²) < 4.78 is 10.7. The Kier molecular flexibility index (Phi) is 7.00. The molecule has 1 fully saturated rings. The molecule has 1 saturated heterocycles. The van der Waals surface area contributed by atoms with Crippen LogP contribution in [0.2, 0.25) is 5.02 Å². The number of carbonyl (C=O) groups is 2. The summed E-state index contributed by atoms with van der Waals surface area (Å²) in [6.07, 6.45) is 0. The first-order valence-electron chi connectivity index (χ1n) is 11.1. The molecule has 1 heterocycles. The van der Waals surface area contributed by atoms with E-state index in [9.17, 15) is 14.7 Å². The number of aliphatic hydroxyl groups excluding tert-OH is 1. The quantitative estimate of drug-likeness (QED) is 0.296. The Morgan fingerprint density at radius 3 is 2.40 bits per heavy atom. The lowest BCUT2D eigenvalue weighted by molar-refractivity contribution is -0.140. The van der Waals surface area contributed by atoms with Crippen molar-refractivity contribution in [1.29, 1.82) is 0 Å². The third-order valence-electron chi connectivity index (χ3n) is 6.18. The molecule has 4 rings (SSSR count). The standard InChI is InChI=1S/C27H27ClN2O5/c1-29(2)12-13-30-24(18-11-7-9-16-8-5-6-10-17(16)18)23(26(32)27(30)33)25(31)19-14-20(28)22(35-4)15-21(19)34-3/h5-11,14-15,24,31H,12-13H2,1-4H3/b25-23+. The van der Waals surface area contributed by atoms with Gasteiger partial charge >= 0.3 is 0 Å². The third kappa shape index (κ3) is 4.45. The second kappa shape index (κ2) is 9.98. The van der Waals surface area contributed by atoms with Crippen molar-refractivity contribution in [2.45, 2.75) is 6.04 Å². The fourth-order valence-corrected chi connectivity index (χ4v) is 4.66. The average Bonchev–Trinajstić information content (AvgIpc) is 3.11. The van der Waals surface area contributed by atoms with Gasteiger partial charge in [-0.05, 0) is 36.5 Å². The first-order chi connectivity index (χ1) is 16.8. The maximum Gasteiger partial charge on any atom is 0.295 e. The van der Waals surface area contributed by atoms with Gasteiger partial charge in [0.05, 0.1) is 36.4 Å². The number of hydrogen-bond donors (Lipinski definition) is 1. The fourth-order valence-electron chi connectivity index (χ4n) is 4.42. The molecule has 182 valence electrons. The number of fused-ring (bicyclic) bond motifs is 1. The van der Waals surface area contributed by atoms with Crippen LogP contribution in [-0.2, 0) is 9.59 Å². The van der Waals surface area contributed by atoms with Crippen LogP contribution in [0.1, 0.15) is 17.2 Å². The highest BCUT2D eigenvalue weighted by molar-refractivity contribution is 6.46. The lowest BCUT2D eigenvalue weighted by Gasteiger charge is -2.27. The van der Waals surface area contributed by atoms with E-state index < -0.39 is 17.7 Å². The number of rotatable bonds is 7. The lowest BCUT2D eigenvalue weighted by Crippen LogP contribution is -2.35. The minimum absolute atomic E-state index is 0.00959. The number of likely N-dealkylation sites (tertiary alicyclic amines) is 1. The number of methoxy groups -OCH3 is 2. The van der Waals surface area contributed by atoms with E-state index >= 15 is 0 Å². The molecule has 7 nitrogen and oxygen atoms in total. The van der Waals surface area contributed by atoms with E-state index in [1.54, 1.807) is 0 Å². The Bertz CT molecular complexity index is 1330. The predicted octanol–water partition coefficient (Wildman–Crippen LogP) is 4.49. The number of Topliss-reactive ketones (excluding diaryl/α,β-unsaturated/α-hetero) is 1. The van der Waals surface area contributed by atoms with Crippen LogP contribution in [0.3, 0.4) is 0 Å². The van der Waals surface area contributed by atoms with Gasteiger partial charge in [0.15, 0.2) is 0 Å². The first kappa shape index (κ1) is 24.6. The van der Waals surface area contributed by atoms with Crippen LogP contribution < -0.4 is 9.47 Å². The molecular weight excluding hydrogens is 468 g/mol. The van der Waals surface area contributed by atoms with E-state index in [1.807, 2.05) is 61.5 Å². The van der Waals surface area contributed by atoms with Crippen LogP contribution in [0.4, 0.5) is 0 Å². The number of likely N-dealkylation sites (N-methyl/N-ethyl adjacent to an activating group) is 1. The van der Waals surface area contributed by atoms with E-state index in [-0.39, 0.29) is 27.7 Å². The van der Waals surface area contributed by atoms with E-state index in [4.69, 9.17) is 21.1 Å². The predicted molar refractivity (Wildman–Crippen MR) is 136 cm³/mol. The Labute approximate surface area is 209 Å². The zero-order chi connectivity index (χ0) is 25.3. The summed E-state index contributed by atoms with van der Waals surface area (Å²) in [6.45, 7) is 0.856. The number of carbonyl (C=O) groups excluding carboxylic acids is 2. The summed E-state index contributed by atoms with van der Waals surface area (Å²) in [6, 6.07) is 15.7. The van der Waals surface area contributed by atoms with E-state index in [0.29, 0.717) is 18.8 Å². The normalized spacial score (nSPS) is 17.4. The van der Waals surface area contributed by atoms with Crippen molar-refractivity contribution in [1.82, 2.24) is 9.80 Å². The Hall–Kier alpha value is -3.55. The molecule has 1 aliphatic rings. The molecule has 0 spiro atoms. The van der Waals surface area contributed by atoms with Crippen LogP contribution in [0.5, 0.6) is 11.5 Å². The van der Waals surface area contributed by atoms with Crippen molar-refractivity contribution in [3.8, 4) is 11.5 Å². The van der Waals surface area contributed by atoms with Gasteiger partial charge in [0.25, 0.3) is 11.7 Å². The van der Waals surface area contributed by atoms with Crippen molar-refractivity contribution < 1.29 is 24.2 Å². The van der Waals surface area contributed by atoms with Gasteiger partial charge in [-0.1, -0.05) is 54.1 Å². The van der Waals surface area contributed by atoms with Gasteiger partial charge in [-0.2, -0.15) is 0 Å². The molecule has 1 N–H and O–H groups in total. The van der Waals surface area contributed by atoms with E-state index in [1.165, 1.54) is 31.3 Å². The summed E-state index contributed by atoms with van der Waals surface area (Å²) in [5.41, 5.74) is 0.944. The number of nitrogens with zero attached hydrogens (tertiary/aromatic N) is 2. The number of benzene rings is 3. The number of ketones is 1. The molecule has 1 unspecified atom stereocenters. The van der Waals surface area contributed by atoms with Crippen molar-refractivity contribution in [2.24, 2.45) is 0 Å². The topological polar surface area (TPSA) is 79.3 Å². The van der Waals surface area contributed by atoms with Crippen LogP contribution >= 0.6 is 11.6 Å². The van der Waals surface area contributed by atoms with Gasteiger partial charge in [-0.25, -0.2) is 0 Å². The van der Waals surface area contributed by atoms with Crippen molar-refractivity contribution in [2.75, 3.05) is 41.4 Å². The SMILES string of the molecule is COc1cc(OC)c(/C(O)=C2\C(=O)C(=O)N(CCN(C)C)C2c2cccc3ccccc23)cc1Cl. The zero-order valence-electron chi connectivity index (χ0n) is 20.0. The van der Waals surface area contributed by atoms with Crippen LogP contribution in [0.25, 0.3) is 16.5 Å². The van der Waals surface area contributed by atoms with Crippen molar-refractivity contribution in [3.05, 3.63) is 76.3 Å². The minimum atomic E-state index is -0.786. The smallest absolute Gasteiger partial charge is 0.295 e. The second-order valence-electron chi connectivity index (χ2n) is 8.55. The third-order valence-corrected chi connectivity index (χ3v) is 6.47. The summed E-state index contributed by atoms with van der Waals surface area (Å²) in [5, 5.41) is 13.6. The molecule has 1 aliphatic heterocycles. The number of hydrogen-bond acceptors (Lipinski definition) is 6. The molecule has 0 saturated carbocycles. The van der Waals surface area contributed by atoms with Crippen LogP contribution in [0.15, 0.2) is 60.2 Å². The lowest BCUT2D eigenvalue weighted by atomic mass is 9.91. The maximum absolute atomic E-state index is 13.4. The molecule has 35 heavy (non-hydrogen) atoms. The van der Waals surface area contributed by atoms with E-state index in [0.717, 1.165) is 16.3 Å². The van der Waals surface area contributed by atoms with Gasteiger partial charge in [0.1, 0.15) is 17.3 Å². The highest BCUT2D eigenvalue weighted by Gasteiger charge is 2.46. The van der Waals surface area contributed by atoms with Gasteiger partial charge in [-0.3, -0.25) is 9.59 Å². The number of aliphatic hydroxyl groups is 1. The van der Waals surface area contributed by atoms with Gasteiger partial charge < -0.3 is 24.4 Å². The average molecular weight is 495 g/mol. The van der Waals surface area contributed by atoms with Crippen LogP contribution in [-0.4, -0.2) is 68.0 Å². The highest BCUT2D eigenvalue weighted by atomic mass is 35.5. The first-order valence-corrected chi connectivity index (χ1v) is 11.5. The molecule has 0 aliphatic carbocycles. The zero-order valence-corrected chi connectivity index (χ0v) is 20.8. The number of halogens is 1. The second-order valence-corrected chi connectivity index (χ2v) is 8.96. The van der Waals surface area contributed by atoms with Crippen LogP contribution in [0, 0.1) is 0 Å². The van der Waals surface area contributed by atoms with Gasteiger partial charge in [-0.15, -0.1) is 0 Å². The molecule has 8 heteroatoms. The molecule has 1 atom stereocenters. The molecular formula is C27H27ClN2O5. The van der Waals surface area contributed by atoms with Crippen molar-refractivity contribution >= 4 is 39.8 Å². The molecule has 3 aromatic rings. The van der Waals surface area contributed by atoms with Gasteiger partial charge in [0.2, 0.25) is 0 Å². The monoisotopic (exact) mass is 494 g/mol. The summed E-state index contributed by atoms with van der Waals surface area (Å²) >= 11 is 6.34. The number of amides is 1. The van der Waals surface area contributed by atoms with Gasteiger partial charge in [0, 0.05) is 19.2 Å². The molecule has 0 radical (unpaired) electrons. The molecule has 3 aromatic carbocycles. The molecule has 1 amide bonds. The Balaban J connectivity index is 1.98. The molecule has 0 aromatic heterocycles. The molecule has 0 bridgehead atoms. The largest absolute Gasteiger partial charge is 0.507 e. The van der Waals surface area contributed by atoms with E-state index in [2.05, 4.69) is 0 Å². The maximum atomic E-state index is 13.4. The Morgan fingerprint density at radius 1 is 1.03 bits per heavy atom. The Morgan fingerprint density at radius 2 is 1.71 bits per heavy atom. The van der Waals surface area contributed by atoms with Crippen molar-refractivity contribution in [3.63, 3.8) is 0 Å².